The second-order valence-electron chi connectivity index (χ2n) is 5.52. The maximum Gasteiger partial charge on any atom is 0.00766 e. The lowest BCUT2D eigenvalue weighted by Crippen LogP contribution is -2.21. The fourth-order valence-electron chi connectivity index (χ4n) is 2.43. The van der Waals surface area contributed by atoms with Gasteiger partial charge in [0.15, 0.2) is 0 Å². The molecule has 2 aromatic carbocycles. The van der Waals surface area contributed by atoms with Crippen molar-refractivity contribution in [3.63, 3.8) is 0 Å². The Morgan fingerprint density at radius 3 is 1.75 bits per heavy atom. The van der Waals surface area contributed by atoms with Crippen molar-refractivity contribution in [2.45, 2.75) is 45.6 Å². The highest BCUT2D eigenvalue weighted by Crippen LogP contribution is 2.21. The molecule has 20 heavy (non-hydrogen) atoms. The molecule has 2 rings (SSSR count). The molecule has 0 heterocycles. The molecule has 0 saturated carbocycles. The maximum atomic E-state index is 6.00. The van der Waals surface area contributed by atoms with Gasteiger partial charge in [0.1, 0.15) is 0 Å². The van der Waals surface area contributed by atoms with Gasteiger partial charge in [0.2, 0.25) is 0 Å². The summed E-state index contributed by atoms with van der Waals surface area (Å²) in [6, 6.07) is 18.0. The zero-order valence-electron chi connectivity index (χ0n) is 12.6. The van der Waals surface area contributed by atoms with E-state index in [1.54, 1.807) is 0 Å². The average Bonchev–Trinajstić information content (AvgIpc) is 2.49. The standard InChI is InChI=1S/C19H25N/c1-3-5-15-6-10-17(11-7-15)18-12-8-16(9-13-18)14-19(20)4-2/h6-13,19H,3-5,14,20H2,1-2H3. The van der Waals surface area contributed by atoms with E-state index in [9.17, 15) is 0 Å². The van der Waals surface area contributed by atoms with Gasteiger partial charge in [0.05, 0.1) is 0 Å². The third-order valence-electron chi connectivity index (χ3n) is 3.80. The Kier molecular flexibility index (Phi) is 5.37. The predicted octanol–water partition coefficient (Wildman–Crippen LogP) is 4.59. The molecule has 0 aromatic heterocycles. The van der Waals surface area contributed by atoms with Crippen LogP contribution in [0.4, 0.5) is 0 Å². The van der Waals surface area contributed by atoms with E-state index in [0.29, 0.717) is 0 Å². The van der Waals surface area contributed by atoms with Crippen molar-refractivity contribution in [3.8, 4) is 11.1 Å². The Bertz CT molecular complexity index is 510. The van der Waals surface area contributed by atoms with Gasteiger partial charge in [0.25, 0.3) is 0 Å². The Labute approximate surface area is 122 Å². The van der Waals surface area contributed by atoms with Crippen LogP contribution in [-0.2, 0) is 12.8 Å². The number of rotatable bonds is 6. The molecule has 106 valence electrons. The smallest absolute Gasteiger partial charge is 0.00766 e. The number of nitrogens with two attached hydrogens (primary N) is 1. The molecule has 0 aliphatic carbocycles. The summed E-state index contributed by atoms with van der Waals surface area (Å²) >= 11 is 0. The normalized spacial score (nSPS) is 12.3. The summed E-state index contributed by atoms with van der Waals surface area (Å²) in [6.45, 7) is 4.35. The fraction of sp³-hybridized carbons (Fsp3) is 0.368. The van der Waals surface area contributed by atoms with Crippen LogP contribution in [-0.4, -0.2) is 6.04 Å². The minimum absolute atomic E-state index is 0.272. The van der Waals surface area contributed by atoms with Crippen molar-refractivity contribution in [2.24, 2.45) is 5.73 Å². The first-order chi connectivity index (χ1) is 9.72. The first-order valence-corrected chi connectivity index (χ1v) is 7.66. The molecule has 0 aliphatic heterocycles. The molecule has 1 atom stereocenters. The lowest BCUT2D eigenvalue weighted by molar-refractivity contribution is 0.646. The molecule has 0 fully saturated rings. The van der Waals surface area contributed by atoms with Crippen LogP contribution in [0.15, 0.2) is 48.5 Å². The summed E-state index contributed by atoms with van der Waals surface area (Å²) in [5.41, 5.74) is 11.3. The van der Waals surface area contributed by atoms with E-state index < -0.39 is 0 Å². The third-order valence-corrected chi connectivity index (χ3v) is 3.80. The molecule has 2 aromatic rings. The van der Waals surface area contributed by atoms with Crippen LogP contribution in [0.3, 0.4) is 0 Å². The lowest BCUT2D eigenvalue weighted by atomic mass is 9.99. The van der Waals surface area contributed by atoms with Crippen LogP contribution in [0, 0.1) is 0 Å². The van der Waals surface area contributed by atoms with Gasteiger partial charge < -0.3 is 5.73 Å². The highest BCUT2D eigenvalue weighted by molar-refractivity contribution is 5.64. The van der Waals surface area contributed by atoms with E-state index in [-0.39, 0.29) is 6.04 Å². The Hall–Kier alpha value is -1.60. The molecule has 0 spiro atoms. The van der Waals surface area contributed by atoms with Crippen LogP contribution < -0.4 is 5.73 Å². The molecule has 1 nitrogen and oxygen atoms in total. The summed E-state index contributed by atoms with van der Waals surface area (Å²) in [6.07, 6.45) is 4.35. The van der Waals surface area contributed by atoms with Gasteiger partial charge in [-0.15, -0.1) is 0 Å². The van der Waals surface area contributed by atoms with Crippen LogP contribution in [0.1, 0.15) is 37.8 Å². The minimum atomic E-state index is 0.272. The van der Waals surface area contributed by atoms with Crippen LogP contribution in [0.25, 0.3) is 11.1 Å². The third kappa shape index (κ3) is 3.94. The lowest BCUT2D eigenvalue weighted by Gasteiger charge is -2.09. The molecule has 0 amide bonds. The van der Waals surface area contributed by atoms with Gasteiger partial charge in [-0.05, 0) is 41.5 Å². The SMILES string of the molecule is CCCc1ccc(-c2ccc(CC(N)CC)cc2)cc1. The number of benzene rings is 2. The minimum Gasteiger partial charge on any atom is -0.327 e. The van der Waals surface area contributed by atoms with Crippen LogP contribution in [0.5, 0.6) is 0 Å². The summed E-state index contributed by atoms with van der Waals surface area (Å²) < 4.78 is 0. The van der Waals surface area contributed by atoms with Crippen molar-refractivity contribution in [2.75, 3.05) is 0 Å². The first kappa shape index (κ1) is 14.8. The highest BCUT2D eigenvalue weighted by atomic mass is 14.6. The number of hydrogen-bond donors (Lipinski definition) is 1. The molecule has 1 unspecified atom stereocenters. The molecular formula is C19H25N. The summed E-state index contributed by atoms with van der Waals surface area (Å²) in [7, 11) is 0. The van der Waals surface area contributed by atoms with Gasteiger partial charge in [-0.2, -0.15) is 0 Å². The molecule has 0 aliphatic rings. The Balaban J connectivity index is 2.09. The van der Waals surface area contributed by atoms with E-state index in [1.165, 1.54) is 28.7 Å². The van der Waals surface area contributed by atoms with Gasteiger partial charge in [-0.25, -0.2) is 0 Å². The molecule has 0 bridgehead atoms. The van der Waals surface area contributed by atoms with E-state index in [2.05, 4.69) is 62.4 Å². The van der Waals surface area contributed by atoms with E-state index >= 15 is 0 Å². The predicted molar refractivity (Wildman–Crippen MR) is 87.8 cm³/mol. The highest BCUT2D eigenvalue weighted by Gasteiger charge is 2.02. The monoisotopic (exact) mass is 267 g/mol. The molecule has 0 saturated heterocycles. The van der Waals surface area contributed by atoms with E-state index in [0.717, 1.165) is 19.3 Å². The van der Waals surface area contributed by atoms with Gasteiger partial charge >= 0.3 is 0 Å². The second kappa shape index (κ2) is 7.25. The van der Waals surface area contributed by atoms with Gasteiger partial charge in [-0.1, -0.05) is 68.8 Å². The average molecular weight is 267 g/mol. The molecule has 0 radical (unpaired) electrons. The summed E-state index contributed by atoms with van der Waals surface area (Å²) in [5.74, 6) is 0. The topological polar surface area (TPSA) is 26.0 Å². The molecular weight excluding hydrogens is 242 g/mol. The van der Waals surface area contributed by atoms with Crippen molar-refractivity contribution in [3.05, 3.63) is 59.7 Å². The van der Waals surface area contributed by atoms with Crippen LogP contribution in [0.2, 0.25) is 0 Å². The van der Waals surface area contributed by atoms with Gasteiger partial charge in [0, 0.05) is 6.04 Å². The Morgan fingerprint density at radius 2 is 1.30 bits per heavy atom. The number of hydrogen-bond acceptors (Lipinski definition) is 1. The van der Waals surface area contributed by atoms with E-state index in [1.807, 2.05) is 0 Å². The van der Waals surface area contributed by atoms with E-state index in [4.69, 9.17) is 5.73 Å². The van der Waals surface area contributed by atoms with Crippen molar-refractivity contribution < 1.29 is 0 Å². The van der Waals surface area contributed by atoms with Crippen molar-refractivity contribution >= 4 is 0 Å². The maximum absolute atomic E-state index is 6.00. The zero-order chi connectivity index (χ0) is 14.4. The first-order valence-electron chi connectivity index (χ1n) is 7.66. The fourth-order valence-corrected chi connectivity index (χ4v) is 2.43. The van der Waals surface area contributed by atoms with Crippen LogP contribution >= 0.6 is 0 Å². The Morgan fingerprint density at radius 1 is 0.800 bits per heavy atom. The second-order valence-corrected chi connectivity index (χ2v) is 5.52. The number of aryl methyl sites for hydroxylation is 1. The van der Waals surface area contributed by atoms with Gasteiger partial charge in [-0.3, -0.25) is 0 Å². The zero-order valence-corrected chi connectivity index (χ0v) is 12.6. The molecule has 2 N–H and O–H groups in total. The summed E-state index contributed by atoms with van der Waals surface area (Å²) in [5, 5.41) is 0. The molecule has 1 heteroatoms. The summed E-state index contributed by atoms with van der Waals surface area (Å²) in [4.78, 5) is 0. The quantitative estimate of drug-likeness (QED) is 0.814. The largest absolute Gasteiger partial charge is 0.327 e. The van der Waals surface area contributed by atoms with Crippen molar-refractivity contribution in [1.29, 1.82) is 0 Å². The van der Waals surface area contributed by atoms with Crippen molar-refractivity contribution in [1.82, 2.24) is 0 Å².